The van der Waals surface area contributed by atoms with E-state index in [-0.39, 0.29) is 0 Å². The fourth-order valence-electron chi connectivity index (χ4n) is 10.1. The molecule has 0 spiro atoms. The first-order valence-electron chi connectivity index (χ1n) is 20.2. The van der Waals surface area contributed by atoms with Crippen molar-refractivity contribution in [2.24, 2.45) is 5.92 Å². The first kappa shape index (κ1) is 38.3. The Morgan fingerprint density at radius 2 is 0.673 bits per heavy atom. The summed E-state index contributed by atoms with van der Waals surface area (Å²) in [7, 11) is -3.04. The second kappa shape index (κ2) is 15.6. The molecule has 1 heteroatoms. The zero-order chi connectivity index (χ0) is 39.0. The van der Waals surface area contributed by atoms with Crippen molar-refractivity contribution in [3.63, 3.8) is 0 Å². The lowest BCUT2D eigenvalue weighted by Gasteiger charge is -2.42. The number of aryl methyl sites for hydroxylation is 6. The minimum Gasteiger partial charge on any atom is -0.0636 e. The van der Waals surface area contributed by atoms with Gasteiger partial charge in [-0.3, -0.25) is 0 Å². The molecule has 7 rings (SSSR count). The predicted octanol–water partition coefficient (Wildman–Crippen LogP) is 11.6. The Kier molecular flexibility index (Phi) is 10.9. The van der Waals surface area contributed by atoms with E-state index < -0.39 is 8.07 Å². The highest BCUT2D eigenvalue weighted by atomic mass is 28.3. The maximum atomic E-state index is 2.53. The Labute approximate surface area is 332 Å². The standard InChI is InChI=1S/C54H58Si/c1-35-23-36(2)27-45(26-35)32-48-17-11-14-20-51(48)55(54-43(9)41(7)42(8)44(54)10,52-21-15-12-18-49(52)33-46-28-37(3)24-38(4)29-46)53-22-16-13-19-50(53)34-47-30-39(5)25-40(6)31-47/h11-31,43H,32-34H2,1-10H3. The summed E-state index contributed by atoms with van der Waals surface area (Å²) >= 11 is 0. The van der Waals surface area contributed by atoms with E-state index in [4.69, 9.17) is 0 Å². The second-order valence-electron chi connectivity index (χ2n) is 16.8. The quantitative estimate of drug-likeness (QED) is 0.0971. The van der Waals surface area contributed by atoms with Gasteiger partial charge in [-0.15, -0.1) is 0 Å². The smallest absolute Gasteiger partial charge is 0.0636 e. The third-order valence-corrected chi connectivity index (χ3v) is 17.8. The SMILES string of the molecule is CC1=C(C)C(C)C([Si](c2ccccc2Cc2cc(C)cc(C)c2)(c2ccccc2Cc2cc(C)cc(C)c2)c2ccccc2Cc2cc(C)cc(C)c2)=C1C. The van der Waals surface area contributed by atoms with E-state index in [9.17, 15) is 0 Å². The molecule has 1 aliphatic rings. The van der Waals surface area contributed by atoms with Crippen molar-refractivity contribution in [3.05, 3.63) is 216 Å². The summed E-state index contributed by atoms with van der Waals surface area (Å²) < 4.78 is 0. The first-order valence-corrected chi connectivity index (χ1v) is 22.2. The molecule has 1 unspecified atom stereocenters. The van der Waals surface area contributed by atoms with Gasteiger partial charge in [0.2, 0.25) is 0 Å². The Morgan fingerprint density at radius 3 is 0.945 bits per heavy atom. The minimum atomic E-state index is -3.04. The summed E-state index contributed by atoms with van der Waals surface area (Å²) in [5.41, 5.74) is 20.9. The molecule has 0 aromatic heterocycles. The zero-order valence-electron chi connectivity index (χ0n) is 34.8. The summed E-state index contributed by atoms with van der Waals surface area (Å²) in [6.45, 7) is 23.1. The molecular formula is C54H58Si. The van der Waals surface area contributed by atoms with Gasteiger partial charge in [0.15, 0.2) is 8.07 Å². The van der Waals surface area contributed by atoms with Gasteiger partial charge < -0.3 is 0 Å². The molecule has 0 saturated carbocycles. The van der Waals surface area contributed by atoms with Gasteiger partial charge in [-0.05, 0) is 142 Å². The molecule has 0 amide bonds. The second-order valence-corrected chi connectivity index (χ2v) is 20.5. The van der Waals surface area contributed by atoms with Crippen molar-refractivity contribution in [2.45, 2.75) is 88.5 Å². The van der Waals surface area contributed by atoms with Crippen LogP contribution in [0.25, 0.3) is 0 Å². The number of hydrogen-bond donors (Lipinski definition) is 0. The van der Waals surface area contributed by atoms with Gasteiger partial charge in [0.05, 0.1) is 0 Å². The molecule has 0 heterocycles. The van der Waals surface area contributed by atoms with Gasteiger partial charge in [-0.25, -0.2) is 0 Å². The fourth-order valence-corrected chi connectivity index (χ4v) is 16.5. The molecule has 0 fully saturated rings. The number of rotatable bonds is 10. The highest BCUT2D eigenvalue weighted by Crippen LogP contribution is 2.42. The molecule has 0 nitrogen and oxygen atoms in total. The van der Waals surface area contributed by atoms with E-state index in [1.54, 1.807) is 5.20 Å². The predicted molar refractivity (Wildman–Crippen MR) is 240 cm³/mol. The highest BCUT2D eigenvalue weighted by Gasteiger charge is 2.50. The molecule has 55 heavy (non-hydrogen) atoms. The van der Waals surface area contributed by atoms with E-state index in [0.717, 1.165) is 19.3 Å². The zero-order valence-corrected chi connectivity index (χ0v) is 35.8. The van der Waals surface area contributed by atoms with Crippen molar-refractivity contribution in [1.29, 1.82) is 0 Å². The van der Waals surface area contributed by atoms with Gasteiger partial charge in [-0.1, -0.05) is 184 Å². The molecule has 0 aliphatic heterocycles. The Balaban J connectivity index is 1.62. The van der Waals surface area contributed by atoms with Gasteiger partial charge in [0.25, 0.3) is 0 Å². The molecule has 0 radical (unpaired) electrons. The van der Waals surface area contributed by atoms with Crippen LogP contribution < -0.4 is 15.6 Å². The van der Waals surface area contributed by atoms with Crippen LogP contribution in [0.15, 0.2) is 149 Å². The molecule has 0 bridgehead atoms. The Hall–Kier alpha value is -4.98. The van der Waals surface area contributed by atoms with Crippen LogP contribution in [0, 0.1) is 47.5 Å². The highest BCUT2D eigenvalue weighted by molar-refractivity contribution is 7.17. The van der Waals surface area contributed by atoms with Crippen LogP contribution in [0.1, 0.15) is 94.5 Å². The number of benzene rings is 6. The van der Waals surface area contributed by atoms with Crippen LogP contribution in [-0.2, 0) is 19.3 Å². The minimum absolute atomic E-state index is 0.324. The van der Waals surface area contributed by atoms with Crippen LogP contribution in [0.3, 0.4) is 0 Å². The van der Waals surface area contributed by atoms with Crippen LogP contribution in [0.2, 0.25) is 0 Å². The Morgan fingerprint density at radius 1 is 0.382 bits per heavy atom. The molecule has 6 aromatic carbocycles. The molecule has 0 N–H and O–H groups in total. The van der Waals surface area contributed by atoms with Crippen molar-refractivity contribution >= 4 is 23.6 Å². The summed E-state index contributed by atoms with van der Waals surface area (Å²) in [6.07, 6.45) is 2.70. The molecule has 0 saturated heterocycles. The normalized spacial score (nSPS) is 14.6. The number of allylic oxidation sites excluding steroid dienone is 4. The van der Waals surface area contributed by atoms with E-state index in [1.165, 1.54) is 99.0 Å². The topological polar surface area (TPSA) is 0 Å². The van der Waals surface area contributed by atoms with Crippen molar-refractivity contribution in [3.8, 4) is 0 Å². The van der Waals surface area contributed by atoms with Gasteiger partial charge >= 0.3 is 0 Å². The number of hydrogen-bond acceptors (Lipinski definition) is 0. The van der Waals surface area contributed by atoms with Crippen molar-refractivity contribution in [1.82, 2.24) is 0 Å². The van der Waals surface area contributed by atoms with Crippen molar-refractivity contribution in [2.75, 3.05) is 0 Å². The van der Waals surface area contributed by atoms with Crippen LogP contribution in [0.4, 0.5) is 0 Å². The third-order valence-electron chi connectivity index (χ3n) is 12.3. The maximum absolute atomic E-state index is 3.04. The lowest BCUT2D eigenvalue weighted by molar-refractivity contribution is 0.851. The molecule has 278 valence electrons. The fraction of sp³-hybridized carbons (Fsp3) is 0.259. The molecule has 1 atom stereocenters. The summed E-state index contributed by atoms with van der Waals surface area (Å²) in [5, 5.41) is 6.23. The van der Waals surface area contributed by atoms with Gasteiger partial charge in [0.1, 0.15) is 0 Å². The van der Waals surface area contributed by atoms with E-state index >= 15 is 0 Å². The monoisotopic (exact) mass is 734 g/mol. The molecule has 1 aliphatic carbocycles. The molecule has 6 aromatic rings. The largest absolute Gasteiger partial charge is 0.177 e. The maximum Gasteiger partial charge on any atom is 0.177 e. The van der Waals surface area contributed by atoms with Crippen LogP contribution in [-0.4, -0.2) is 8.07 Å². The van der Waals surface area contributed by atoms with Gasteiger partial charge in [0, 0.05) is 0 Å². The van der Waals surface area contributed by atoms with Crippen LogP contribution in [0.5, 0.6) is 0 Å². The van der Waals surface area contributed by atoms with Crippen molar-refractivity contribution < 1.29 is 0 Å². The average molecular weight is 735 g/mol. The summed E-state index contributed by atoms with van der Waals surface area (Å²) in [4.78, 5) is 0. The lowest BCUT2D eigenvalue weighted by atomic mass is 10.0. The van der Waals surface area contributed by atoms with Crippen LogP contribution >= 0.6 is 0 Å². The summed E-state index contributed by atoms with van der Waals surface area (Å²) in [6, 6.07) is 50.0. The van der Waals surface area contributed by atoms with E-state index in [2.05, 4.69) is 197 Å². The average Bonchev–Trinajstić information content (AvgIpc) is 3.31. The van der Waals surface area contributed by atoms with E-state index in [0.29, 0.717) is 5.92 Å². The first-order chi connectivity index (χ1) is 26.3. The van der Waals surface area contributed by atoms with Gasteiger partial charge in [-0.2, -0.15) is 0 Å². The summed E-state index contributed by atoms with van der Waals surface area (Å²) in [5.74, 6) is 0.324. The lowest BCUT2D eigenvalue weighted by Crippen LogP contribution is -2.71. The third kappa shape index (κ3) is 7.52. The Bertz CT molecular complexity index is 2170. The molecular weight excluding hydrogens is 677 g/mol. The van der Waals surface area contributed by atoms with E-state index in [1.807, 2.05) is 0 Å².